The smallest absolute Gasteiger partial charge is 0.0664 e. The third kappa shape index (κ3) is 3.23. The average molecular weight is 200 g/mol. The van der Waals surface area contributed by atoms with Crippen LogP contribution < -0.4 is 0 Å². The van der Waals surface area contributed by atoms with E-state index >= 15 is 0 Å². The first-order chi connectivity index (χ1) is 6.65. The van der Waals surface area contributed by atoms with Gasteiger partial charge < -0.3 is 10.0 Å². The molecule has 1 aliphatic heterocycles. The minimum Gasteiger partial charge on any atom is -0.392 e. The molecule has 14 heavy (non-hydrogen) atoms. The number of rotatable bonds is 3. The fraction of sp³-hybridized carbons (Fsp3) is 1.00. The monoisotopic (exact) mass is 200 g/mol. The third-order valence-corrected chi connectivity index (χ3v) is 3.34. The molecule has 0 spiro atoms. The van der Waals surface area contributed by atoms with E-state index in [1.54, 1.807) is 0 Å². The highest BCUT2D eigenvalue weighted by atomic mass is 16.3. The van der Waals surface area contributed by atoms with Gasteiger partial charge in [-0.2, -0.15) is 0 Å². The van der Waals surface area contributed by atoms with Crippen LogP contribution in [0.1, 0.15) is 27.2 Å². The van der Waals surface area contributed by atoms with Crippen molar-refractivity contribution in [3.8, 4) is 0 Å². The molecular formula is C11H24N2O. The van der Waals surface area contributed by atoms with Crippen molar-refractivity contribution in [3.05, 3.63) is 0 Å². The summed E-state index contributed by atoms with van der Waals surface area (Å²) < 4.78 is 0. The summed E-state index contributed by atoms with van der Waals surface area (Å²) in [4.78, 5) is 4.88. The summed E-state index contributed by atoms with van der Waals surface area (Å²) >= 11 is 0. The zero-order valence-corrected chi connectivity index (χ0v) is 9.74. The zero-order chi connectivity index (χ0) is 10.6. The predicted octanol–water partition coefficient (Wildman–Crippen LogP) is 0.783. The SMILES string of the molecule is CCN1CCCN(C(C)C(C)O)CC1. The van der Waals surface area contributed by atoms with Crippen molar-refractivity contribution in [2.75, 3.05) is 32.7 Å². The van der Waals surface area contributed by atoms with Crippen LogP contribution in [0, 0.1) is 0 Å². The van der Waals surface area contributed by atoms with Crippen LogP contribution in [0.4, 0.5) is 0 Å². The normalized spacial score (nSPS) is 25.7. The van der Waals surface area contributed by atoms with Crippen LogP contribution in [0.2, 0.25) is 0 Å². The highest BCUT2D eigenvalue weighted by Gasteiger charge is 2.20. The molecule has 3 heteroatoms. The Kier molecular flexibility index (Phi) is 4.85. The van der Waals surface area contributed by atoms with Gasteiger partial charge in [-0.05, 0) is 39.9 Å². The van der Waals surface area contributed by atoms with Crippen molar-refractivity contribution in [1.82, 2.24) is 9.80 Å². The topological polar surface area (TPSA) is 26.7 Å². The van der Waals surface area contributed by atoms with E-state index in [9.17, 15) is 5.11 Å². The average Bonchev–Trinajstić information content (AvgIpc) is 2.41. The molecule has 0 amide bonds. The van der Waals surface area contributed by atoms with Crippen molar-refractivity contribution in [2.24, 2.45) is 0 Å². The van der Waals surface area contributed by atoms with Crippen LogP contribution >= 0.6 is 0 Å². The van der Waals surface area contributed by atoms with Crippen LogP contribution in [-0.2, 0) is 0 Å². The molecule has 1 saturated heterocycles. The first-order valence-corrected chi connectivity index (χ1v) is 5.79. The molecule has 1 heterocycles. The Morgan fingerprint density at radius 1 is 1.14 bits per heavy atom. The highest BCUT2D eigenvalue weighted by Crippen LogP contribution is 2.09. The lowest BCUT2D eigenvalue weighted by atomic mass is 10.2. The van der Waals surface area contributed by atoms with Crippen LogP contribution in [0.3, 0.4) is 0 Å². The van der Waals surface area contributed by atoms with Crippen LogP contribution in [0.15, 0.2) is 0 Å². The van der Waals surface area contributed by atoms with Crippen LogP contribution in [0.5, 0.6) is 0 Å². The molecule has 0 saturated carbocycles. The van der Waals surface area contributed by atoms with Crippen LogP contribution in [-0.4, -0.2) is 59.8 Å². The summed E-state index contributed by atoms with van der Waals surface area (Å²) in [5, 5.41) is 9.53. The Morgan fingerprint density at radius 2 is 1.86 bits per heavy atom. The minimum atomic E-state index is -0.219. The minimum absolute atomic E-state index is 0.219. The van der Waals surface area contributed by atoms with Gasteiger partial charge in [-0.25, -0.2) is 0 Å². The highest BCUT2D eigenvalue weighted by molar-refractivity contribution is 4.76. The Hall–Kier alpha value is -0.120. The van der Waals surface area contributed by atoms with Gasteiger partial charge in [-0.1, -0.05) is 6.92 Å². The predicted molar refractivity (Wildman–Crippen MR) is 59.4 cm³/mol. The summed E-state index contributed by atoms with van der Waals surface area (Å²) in [5.74, 6) is 0. The molecule has 1 rings (SSSR count). The number of aliphatic hydroxyl groups is 1. The molecule has 1 N–H and O–H groups in total. The Morgan fingerprint density at radius 3 is 2.43 bits per heavy atom. The van der Waals surface area contributed by atoms with Crippen molar-refractivity contribution in [3.63, 3.8) is 0 Å². The molecule has 0 aromatic heterocycles. The molecule has 0 aromatic carbocycles. The van der Waals surface area contributed by atoms with E-state index in [0.717, 1.165) is 26.2 Å². The van der Waals surface area contributed by atoms with Gasteiger partial charge in [0, 0.05) is 19.1 Å². The Balaban J connectivity index is 2.41. The lowest BCUT2D eigenvalue weighted by Crippen LogP contribution is -2.42. The van der Waals surface area contributed by atoms with Crippen molar-refractivity contribution >= 4 is 0 Å². The quantitative estimate of drug-likeness (QED) is 0.729. The zero-order valence-electron chi connectivity index (χ0n) is 9.74. The van der Waals surface area contributed by atoms with E-state index in [1.165, 1.54) is 13.0 Å². The number of hydrogen-bond donors (Lipinski definition) is 1. The van der Waals surface area contributed by atoms with Gasteiger partial charge in [-0.3, -0.25) is 4.90 Å². The lowest BCUT2D eigenvalue weighted by Gasteiger charge is -2.29. The van der Waals surface area contributed by atoms with Crippen molar-refractivity contribution < 1.29 is 5.11 Å². The maximum absolute atomic E-state index is 9.53. The largest absolute Gasteiger partial charge is 0.392 e. The first kappa shape index (κ1) is 12.0. The van der Waals surface area contributed by atoms with E-state index < -0.39 is 0 Å². The van der Waals surface area contributed by atoms with Gasteiger partial charge in [0.1, 0.15) is 0 Å². The maximum atomic E-state index is 9.53. The molecule has 2 unspecified atom stereocenters. The van der Waals surface area contributed by atoms with Crippen LogP contribution in [0.25, 0.3) is 0 Å². The lowest BCUT2D eigenvalue weighted by molar-refractivity contribution is 0.0730. The molecule has 1 aliphatic rings. The standard InChI is InChI=1S/C11H24N2O/c1-4-12-6-5-7-13(9-8-12)10(2)11(3)14/h10-11,14H,4-9H2,1-3H3. The molecule has 3 nitrogen and oxygen atoms in total. The summed E-state index contributed by atoms with van der Waals surface area (Å²) in [6.07, 6.45) is 1.01. The van der Waals surface area contributed by atoms with Gasteiger partial charge in [0.05, 0.1) is 6.10 Å². The van der Waals surface area contributed by atoms with Gasteiger partial charge in [0.2, 0.25) is 0 Å². The van der Waals surface area contributed by atoms with Crippen molar-refractivity contribution in [1.29, 1.82) is 0 Å². The first-order valence-electron chi connectivity index (χ1n) is 5.79. The third-order valence-electron chi connectivity index (χ3n) is 3.34. The molecule has 84 valence electrons. The number of aliphatic hydroxyl groups excluding tert-OH is 1. The van der Waals surface area contributed by atoms with Crippen molar-refractivity contribution in [2.45, 2.75) is 39.3 Å². The van der Waals surface area contributed by atoms with Gasteiger partial charge in [0.25, 0.3) is 0 Å². The number of hydrogen-bond acceptors (Lipinski definition) is 3. The molecule has 0 radical (unpaired) electrons. The molecular weight excluding hydrogens is 176 g/mol. The maximum Gasteiger partial charge on any atom is 0.0664 e. The summed E-state index contributed by atoms with van der Waals surface area (Å²) in [7, 11) is 0. The molecule has 2 atom stereocenters. The number of nitrogens with zero attached hydrogens (tertiary/aromatic N) is 2. The van der Waals surface area contributed by atoms with Gasteiger partial charge in [0.15, 0.2) is 0 Å². The molecule has 1 fully saturated rings. The number of likely N-dealkylation sites (N-methyl/N-ethyl adjacent to an activating group) is 1. The van der Waals surface area contributed by atoms with E-state index in [1.807, 2.05) is 6.92 Å². The second-order valence-electron chi connectivity index (χ2n) is 4.30. The summed E-state index contributed by atoms with van der Waals surface area (Å²) in [6.45, 7) is 11.9. The molecule has 0 aromatic rings. The molecule has 0 aliphatic carbocycles. The van der Waals surface area contributed by atoms with E-state index in [2.05, 4.69) is 23.6 Å². The second kappa shape index (κ2) is 5.69. The Labute approximate surface area is 87.7 Å². The van der Waals surface area contributed by atoms with E-state index in [0.29, 0.717) is 6.04 Å². The summed E-state index contributed by atoms with van der Waals surface area (Å²) in [5.41, 5.74) is 0. The second-order valence-corrected chi connectivity index (χ2v) is 4.30. The Bertz CT molecular complexity index is 161. The summed E-state index contributed by atoms with van der Waals surface area (Å²) in [6, 6.07) is 0.298. The van der Waals surface area contributed by atoms with E-state index in [-0.39, 0.29) is 6.10 Å². The van der Waals surface area contributed by atoms with Gasteiger partial charge in [-0.15, -0.1) is 0 Å². The van der Waals surface area contributed by atoms with Gasteiger partial charge >= 0.3 is 0 Å². The molecule has 0 bridgehead atoms. The fourth-order valence-electron chi connectivity index (χ4n) is 2.02. The van der Waals surface area contributed by atoms with E-state index in [4.69, 9.17) is 0 Å². The fourth-order valence-corrected chi connectivity index (χ4v) is 2.02.